The van der Waals surface area contributed by atoms with Gasteiger partial charge >= 0.3 is 6.61 Å². The number of ether oxygens (including phenoxy) is 2. The van der Waals surface area contributed by atoms with Crippen molar-refractivity contribution in [2.45, 2.75) is 13.2 Å². The minimum atomic E-state index is -3.05. The summed E-state index contributed by atoms with van der Waals surface area (Å²) in [5.74, 6) is -0.593. The maximum Gasteiger partial charge on any atom is 0.387 e. The number of anilines is 1. The number of nitrogens with one attached hydrogen (secondary N) is 1. The summed E-state index contributed by atoms with van der Waals surface area (Å²) in [7, 11) is 1.57. The van der Waals surface area contributed by atoms with Crippen LogP contribution in [-0.4, -0.2) is 13.7 Å². The van der Waals surface area contributed by atoms with Crippen LogP contribution in [0.15, 0.2) is 42.5 Å². The Bertz CT molecular complexity index is 605. The van der Waals surface area contributed by atoms with E-state index in [0.29, 0.717) is 12.2 Å². The van der Waals surface area contributed by atoms with Gasteiger partial charge in [0.2, 0.25) is 0 Å². The van der Waals surface area contributed by atoms with E-state index in [2.05, 4.69) is 10.1 Å². The van der Waals surface area contributed by atoms with Gasteiger partial charge in [-0.1, -0.05) is 12.1 Å². The van der Waals surface area contributed by atoms with Gasteiger partial charge in [-0.15, -0.1) is 0 Å². The average Bonchev–Trinajstić information content (AvgIpc) is 2.47. The van der Waals surface area contributed by atoms with Crippen LogP contribution in [0.25, 0.3) is 0 Å². The third kappa shape index (κ3) is 4.30. The standard InChI is InChI=1S/C15H14F3NO2/c1-20-12-4-2-3-10(7-12)9-19-11-5-6-14(13(16)8-11)21-15(17)18/h2-8,15,19H,9H2,1H3. The van der Waals surface area contributed by atoms with E-state index in [9.17, 15) is 13.2 Å². The number of halogens is 3. The number of alkyl halides is 2. The molecule has 0 aliphatic carbocycles. The summed E-state index contributed by atoms with van der Waals surface area (Å²) >= 11 is 0. The van der Waals surface area contributed by atoms with Crippen LogP contribution in [0.4, 0.5) is 18.9 Å². The van der Waals surface area contributed by atoms with Crippen LogP contribution >= 0.6 is 0 Å². The van der Waals surface area contributed by atoms with E-state index in [1.54, 1.807) is 7.11 Å². The van der Waals surface area contributed by atoms with Gasteiger partial charge in [-0.2, -0.15) is 8.78 Å². The number of hydrogen-bond acceptors (Lipinski definition) is 3. The lowest BCUT2D eigenvalue weighted by molar-refractivity contribution is -0.0521. The van der Waals surface area contributed by atoms with Crippen molar-refractivity contribution in [1.29, 1.82) is 0 Å². The maximum atomic E-state index is 13.5. The van der Waals surface area contributed by atoms with Gasteiger partial charge in [0, 0.05) is 18.3 Å². The van der Waals surface area contributed by atoms with E-state index in [-0.39, 0.29) is 0 Å². The van der Waals surface area contributed by atoms with Gasteiger partial charge in [0.25, 0.3) is 0 Å². The highest BCUT2D eigenvalue weighted by atomic mass is 19.3. The summed E-state index contributed by atoms with van der Waals surface area (Å²) in [6, 6.07) is 11.1. The van der Waals surface area contributed by atoms with Crippen molar-refractivity contribution in [2.75, 3.05) is 12.4 Å². The van der Waals surface area contributed by atoms with Crippen molar-refractivity contribution in [3.05, 3.63) is 53.8 Å². The molecule has 0 spiro atoms. The molecule has 0 saturated carbocycles. The van der Waals surface area contributed by atoms with E-state index < -0.39 is 18.2 Å². The molecular weight excluding hydrogens is 283 g/mol. The fourth-order valence-corrected chi connectivity index (χ4v) is 1.79. The SMILES string of the molecule is COc1cccc(CNc2ccc(OC(F)F)c(F)c2)c1. The van der Waals surface area contributed by atoms with Crippen molar-refractivity contribution in [1.82, 2.24) is 0 Å². The molecule has 0 aliphatic rings. The zero-order valence-corrected chi connectivity index (χ0v) is 11.3. The lowest BCUT2D eigenvalue weighted by atomic mass is 10.2. The normalized spacial score (nSPS) is 10.5. The van der Waals surface area contributed by atoms with Crippen LogP contribution in [-0.2, 0) is 6.54 Å². The summed E-state index contributed by atoms with van der Waals surface area (Å²) in [6.45, 7) is -2.60. The molecule has 21 heavy (non-hydrogen) atoms. The zero-order chi connectivity index (χ0) is 15.2. The second kappa shape index (κ2) is 6.88. The van der Waals surface area contributed by atoms with E-state index >= 15 is 0 Å². The van der Waals surface area contributed by atoms with Gasteiger partial charge in [-0.25, -0.2) is 4.39 Å². The second-order valence-corrected chi connectivity index (χ2v) is 4.23. The Kier molecular flexibility index (Phi) is 4.92. The van der Waals surface area contributed by atoms with Crippen molar-refractivity contribution < 1.29 is 22.6 Å². The first-order chi connectivity index (χ1) is 10.1. The molecule has 3 nitrogen and oxygen atoms in total. The number of rotatable bonds is 6. The maximum absolute atomic E-state index is 13.5. The van der Waals surface area contributed by atoms with Gasteiger partial charge in [0.05, 0.1) is 7.11 Å². The molecular formula is C15H14F3NO2. The van der Waals surface area contributed by atoms with Crippen molar-refractivity contribution in [2.24, 2.45) is 0 Å². The minimum Gasteiger partial charge on any atom is -0.497 e. The molecule has 0 heterocycles. The highest BCUT2D eigenvalue weighted by Gasteiger charge is 2.10. The number of hydrogen-bond donors (Lipinski definition) is 1. The second-order valence-electron chi connectivity index (χ2n) is 4.23. The Labute approximate surface area is 120 Å². The first-order valence-corrected chi connectivity index (χ1v) is 6.19. The molecule has 6 heteroatoms. The monoisotopic (exact) mass is 297 g/mol. The quantitative estimate of drug-likeness (QED) is 0.872. The van der Waals surface area contributed by atoms with Crippen molar-refractivity contribution in [3.8, 4) is 11.5 Å². The molecule has 0 aromatic heterocycles. The Morgan fingerprint density at radius 1 is 1.14 bits per heavy atom. The largest absolute Gasteiger partial charge is 0.497 e. The zero-order valence-electron chi connectivity index (χ0n) is 11.3. The topological polar surface area (TPSA) is 30.5 Å². The third-order valence-corrected chi connectivity index (χ3v) is 2.78. The molecule has 0 bridgehead atoms. The number of methoxy groups -OCH3 is 1. The lowest BCUT2D eigenvalue weighted by Gasteiger charge is -2.10. The molecule has 2 rings (SSSR count). The van der Waals surface area contributed by atoms with E-state index in [4.69, 9.17) is 4.74 Å². The van der Waals surface area contributed by atoms with Crippen LogP contribution in [0.2, 0.25) is 0 Å². The van der Waals surface area contributed by atoms with Crippen molar-refractivity contribution >= 4 is 5.69 Å². The molecule has 2 aromatic carbocycles. The first-order valence-electron chi connectivity index (χ1n) is 6.19. The summed E-state index contributed by atoms with van der Waals surface area (Å²) < 4.78 is 46.7. The van der Waals surface area contributed by atoms with Gasteiger partial charge in [-0.05, 0) is 29.8 Å². The highest BCUT2D eigenvalue weighted by Crippen LogP contribution is 2.23. The predicted octanol–water partition coefficient (Wildman–Crippen LogP) is 4.05. The molecule has 0 unspecified atom stereocenters. The minimum absolute atomic E-state index is 0.450. The van der Waals surface area contributed by atoms with Crippen molar-refractivity contribution in [3.63, 3.8) is 0 Å². The fraction of sp³-hybridized carbons (Fsp3) is 0.200. The molecule has 0 saturated heterocycles. The molecule has 0 amide bonds. The van der Waals surface area contributed by atoms with Crippen LogP contribution < -0.4 is 14.8 Å². The van der Waals surface area contributed by atoms with Crippen LogP contribution in [0.3, 0.4) is 0 Å². The molecule has 2 aromatic rings. The van der Waals surface area contributed by atoms with E-state index in [1.165, 1.54) is 6.07 Å². The highest BCUT2D eigenvalue weighted by molar-refractivity contribution is 5.48. The summed E-state index contributed by atoms with van der Waals surface area (Å²) in [5, 5.41) is 3.00. The van der Waals surface area contributed by atoms with Crippen LogP contribution in [0.1, 0.15) is 5.56 Å². The summed E-state index contributed by atoms with van der Waals surface area (Å²) in [4.78, 5) is 0. The predicted molar refractivity (Wildman–Crippen MR) is 73.4 cm³/mol. The lowest BCUT2D eigenvalue weighted by Crippen LogP contribution is -2.05. The Morgan fingerprint density at radius 3 is 2.62 bits per heavy atom. The smallest absolute Gasteiger partial charge is 0.387 e. The van der Waals surface area contributed by atoms with Gasteiger partial charge in [0.1, 0.15) is 5.75 Å². The van der Waals surface area contributed by atoms with Gasteiger partial charge < -0.3 is 14.8 Å². The molecule has 0 radical (unpaired) electrons. The Hall–Kier alpha value is -2.37. The molecule has 0 fully saturated rings. The van der Waals surface area contributed by atoms with Crippen LogP contribution in [0.5, 0.6) is 11.5 Å². The molecule has 0 atom stereocenters. The molecule has 112 valence electrons. The Morgan fingerprint density at radius 2 is 1.95 bits per heavy atom. The van der Waals surface area contributed by atoms with E-state index in [0.717, 1.165) is 23.4 Å². The summed E-state index contributed by atoms with van der Waals surface area (Å²) in [5.41, 5.74) is 1.42. The molecule has 1 N–H and O–H groups in total. The van der Waals surface area contributed by atoms with Gasteiger partial charge in [-0.3, -0.25) is 0 Å². The number of benzene rings is 2. The average molecular weight is 297 g/mol. The first kappa shape index (κ1) is 15.0. The molecule has 0 aliphatic heterocycles. The fourth-order valence-electron chi connectivity index (χ4n) is 1.79. The van der Waals surface area contributed by atoms with E-state index in [1.807, 2.05) is 24.3 Å². The summed E-state index contributed by atoms with van der Waals surface area (Å²) in [6.07, 6.45) is 0. The third-order valence-electron chi connectivity index (χ3n) is 2.78. The van der Waals surface area contributed by atoms with Gasteiger partial charge in [0.15, 0.2) is 11.6 Å². The Balaban J connectivity index is 2.01. The van der Waals surface area contributed by atoms with Crippen LogP contribution in [0, 0.1) is 5.82 Å².